The fourth-order valence-electron chi connectivity index (χ4n) is 1.61. The van der Waals surface area contributed by atoms with E-state index in [4.69, 9.17) is 0 Å². The van der Waals surface area contributed by atoms with Gasteiger partial charge in [-0.2, -0.15) is 0 Å². The van der Waals surface area contributed by atoms with E-state index < -0.39 is 7.75 Å². The first-order chi connectivity index (χ1) is 8.65. The van der Waals surface area contributed by atoms with Crippen molar-refractivity contribution in [2.75, 3.05) is 4.67 Å². The minimum Gasteiger partial charge on any atom is -0.306 e. The Kier molecular flexibility index (Phi) is 3.77. The fraction of sp³-hybridized carbons (Fsp3) is 0. The zero-order chi connectivity index (χ0) is 13.0. The van der Waals surface area contributed by atoms with Crippen LogP contribution in [0.25, 0.3) is 0 Å². The molecule has 0 fully saturated rings. The first-order valence-electron chi connectivity index (χ1n) is 5.19. The first kappa shape index (κ1) is 12.8. The predicted octanol–water partition coefficient (Wildman–Crippen LogP) is 3.83. The summed E-state index contributed by atoms with van der Waals surface area (Å²) in [6, 6.07) is 16.6. The summed E-state index contributed by atoms with van der Waals surface area (Å²) in [7, 11) is -4.56. The molecule has 2 aromatic rings. The van der Waals surface area contributed by atoms with Gasteiger partial charge in [0, 0.05) is 0 Å². The van der Waals surface area contributed by atoms with Gasteiger partial charge in [0.2, 0.25) is 0 Å². The SMILES string of the molecule is O=P(O)(OF)N(c1ccccc1)c1ccccc1. The van der Waals surface area contributed by atoms with E-state index in [1.54, 1.807) is 60.7 Å². The van der Waals surface area contributed by atoms with Crippen LogP contribution in [0.3, 0.4) is 0 Å². The lowest BCUT2D eigenvalue weighted by molar-refractivity contribution is -0.0188. The molecule has 1 atom stereocenters. The Bertz CT molecular complexity index is 510. The number of anilines is 2. The molecule has 0 bridgehead atoms. The first-order valence-corrected chi connectivity index (χ1v) is 6.72. The molecule has 2 aromatic carbocycles. The average molecular weight is 267 g/mol. The number of halogens is 1. The Morgan fingerprint density at radius 3 is 1.67 bits per heavy atom. The summed E-state index contributed by atoms with van der Waals surface area (Å²) in [5.41, 5.74) is 0.736. The minimum absolute atomic E-state index is 0.368. The molecular weight excluding hydrogens is 256 g/mol. The molecule has 0 spiro atoms. The maximum absolute atomic E-state index is 12.3. The standard InChI is InChI=1S/C12H11FNO3P/c13-17-18(15,16)14(11-7-3-1-4-8-11)12-9-5-2-6-10-12/h1-10H,(H,15,16). The summed E-state index contributed by atoms with van der Waals surface area (Å²) < 4.78 is 28.3. The molecule has 6 heteroatoms. The van der Waals surface area contributed by atoms with E-state index in [0.29, 0.717) is 11.4 Å². The molecule has 94 valence electrons. The summed E-state index contributed by atoms with van der Waals surface area (Å²) in [6.45, 7) is 0. The monoisotopic (exact) mass is 267 g/mol. The second-order valence-corrected chi connectivity index (χ2v) is 5.06. The lowest BCUT2D eigenvalue weighted by Crippen LogP contribution is -2.13. The molecule has 1 unspecified atom stereocenters. The van der Waals surface area contributed by atoms with Gasteiger partial charge in [-0.05, 0) is 28.8 Å². The Morgan fingerprint density at radius 2 is 1.33 bits per heavy atom. The van der Waals surface area contributed by atoms with Gasteiger partial charge in [0.25, 0.3) is 0 Å². The number of hydrogen-bond acceptors (Lipinski definition) is 2. The van der Waals surface area contributed by atoms with Gasteiger partial charge in [-0.25, -0.2) is 9.24 Å². The van der Waals surface area contributed by atoms with E-state index in [2.05, 4.69) is 4.73 Å². The number of para-hydroxylation sites is 2. The Labute approximate surface area is 104 Å². The molecular formula is C12H11FNO3P. The second kappa shape index (κ2) is 5.31. The Morgan fingerprint density at radius 1 is 0.944 bits per heavy atom. The predicted molar refractivity (Wildman–Crippen MR) is 67.0 cm³/mol. The van der Waals surface area contributed by atoms with Crippen molar-refractivity contribution in [1.29, 1.82) is 0 Å². The maximum Gasteiger partial charge on any atom is 0.468 e. The third kappa shape index (κ3) is 2.59. The van der Waals surface area contributed by atoms with Gasteiger partial charge in [0.1, 0.15) is 0 Å². The van der Waals surface area contributed by atoms with Crippen LogP contribution in [0.5, 0.6) is 0 Å². The summed E-state index contributed by atoms with van der Waals surface area (Å²) in [5.74, 6) is 0. The summed E-state index contributed by atoms with van der Waals surface area (Å²) >= 11 is 0. The van der Waals surface area contributed by atoms with Crippen molar-refractivity contribution in [1.82, 2.24) is 0 Å². The molecule has 0 aliphatic carbocycles. The third-order valence-corrected chi connectivity index (χ3v) is 3.49. The molecule has 0 saturated carbocycles. The fourth-order valence-corrected chi connectivity index (χ4v) is 2.52. The maximum atomic E-state index is 12.3. The van der Waals surface area contributed by atoms with Gasteiger partial charge in [-0.3, -0.25) is 0 Å². The Balaban J connectivity index is 2.52. The van der Waals surface area contributed by atoms with Crippen LogP contribution in [0.4, 0.5) is 15.9 Å². The van der Waals surface area contributed by atoms with Crippen LogP contribution >= 0.6 is 7.75 Å². The zero-order valence-corrected chi connectivity index (χ0v) is 10.2. The van der Waals surface area contributed by atoms with E-state index in [0.717, 1.165) is 4.67 Å². The van der Waals surface area contributed by atoms with Crippen LogP contribution in [0, 0.1) is 0 Å². The Hall–Kier alpha value is -1.68. The zero-order valence-electron chi connectivity index (χ0n) is 9.31. The highest BCUT2D eigenvalue weighted by Gasteiger charge is 2.32. The molecule has 18 heavy (non-hydrogen) atoms. The number of nitrogens with zero attached hydrogens (tertiary/aromatic N) is 1. The normalized spacial score (nSPS) is 13.9. The third-order valence-electron chi connectivity index (χ3n) is 2.34. The molecule has 0 saturated heterocycles. The van der Waals surface area contributed by atoms with Crippen LogP contribution in [-0.2, 0) is 9.29 Å². The quantitative estimate of drug-likeness (QED) is 0.855. The number of hydrogen-bond donors (Lipinski definition) is 1. The van der Waals surface area contributed by atoms with E-state index in [1.165, 1.54) is 0 Å². The lowest BCUT2D eigenvalue weighted by atomic mass is 10.3. The van der Waals surface area contributed by atoms with Crippen molar-refractivity contribution in [3.05, 3.63) is 60.7 Å². The highest BCUT2D eigenvalue weighted by atomic mass is 31.2. The summed E-state index contributed by atoms with van der Waals surface area (Å²) in [5, 5.41) is 0. The van der Waals surface area contributed by atoms with Crippen LogP contribution in [0.2, 0.25) is 0 Å². The molecule has 2 rings (SSSR count). The van der Waals surface area contributed by atoms with E-state index >= 15 is 0 Å². The molecule has 0 amide bonds. The minimum atomic E-state index is -4.56. The smallest absolute Gasteiger partial charge is 0.306 e. The van der Waals surface area contributed by atoms with Crippen molar-refractivity contribution in [2.45, 2.75) is 0 Å². The van der Waals surface area contributed by atoms with E-state index in [9.17, 15) is 14.0 Å². The highest BCUT2D eigenvalue weighted by molar-refractivity contribution is 7.55. The van der Waals surface area contributed by atoms with E-state index in [-0.39, 0.29) is 0 Å². The molecule has 0 radical (unpaired) electrons. The molecule has 0 aromatic heterocycles. The van der Waals surface area contributed by atoms with Gasteiger partial charge in [0.05, 0.1) is 11.4 Å². The lowest BCUT2D eigenvalue weighted by Gasteiger charge is -2.25. The van der Waals surface area contributed by atoms with Gasteiger partial charge < -0.3 is 4.89 Å². The van der Waals surface area contributed by atoms with Crippen LogP contribution in [0.15, 0.2) is 60.7 Å². The van der Waals surface area contributed by atoms with Crippen molar-refractivity contribution in [2.24, 2.45) is 0 Å². The highest BCUT2D eigenvalue weighted by Crippen LogP contribution is 2.53. The molecule has 1 N–H and O–H groups in total. The average Bonchev–Trinajstić information content (AvgIpc) is 2.41. The van der Waals surface area contributed by atoms with Gasteiger partial charge in [-0.1, -0.05) is 41.1 Å². The van der Waals surface area contributed by atoms with Crippen molar-refractivity contribution < 1.29 is 18.7 Å². The van der Waals surface area contributed by atoms with Gasteiger partial charge >= 0.3 is 7.75 Å². The number of benzene rings is 2. The van der Waals surface area contributed by atoms with Crippen molar-refractivity contribution in [3.63, 3.8) is 0 Å². The van der Waals surface area contributed by atoms with Crippen LogP contribution in [0.1, 0.15) is 0 Å². The molecule has 0 aliphatic rings. The molecule has 0 aliphatic heterocycles. The van der Waals surface area contributed by atoms with Crippen LogP contribution < -0.4 is 4.67 Å². The largest absolute Gasteiger partial charge is 0.468 e. The van der Waals surface area contributed by atoms with E-state index in [1.807, 2.05) is 0 Å². The number of rotatable bonds is 4. The van der Waals surface area contributed by atoms with Crippen molar-refractivity contribution >= 4 is 19.1 Å². The second-order valence-electron chi connectivity index (χ2n) is 3.54. The topological polar surface area (TPSA) is 49.8 Å². The van der Waals surface area contributed by atoms with Gasteiger partial charge in [0.15, 0.2) is 0 Å². The summed E-state index contributed by atoms with van der Waals surface area (Å²) in [6.07, 6.45) is 0. The van der Waals surface area contributed by atoms with Crippen LogP contribution in [-0.4, -0.2) is 4.89 Å². The molecule has 0 heterocycles. The summed E-state index contributed by atoms with van der Waals surface area (Å²) in [4.78, 5) is 9.57. The molecule has 4 nitrogen and oxygen atoms in total. The van der Waals surface area contributed by atoms with Crippen molar-refractivity contribution in [3.8, 4) is 0 Å². The van der Waals surface area contributed by atoms with Gasteiger partial charge in [-0.15, -0.1) is 0 Å².